The van der Waals surface area contributed by atoms with Crippen LogP contribution in [0.25, 0.3) is 0 Å². The van der Waals surface area contributed by atoms with Crippen molar-refractivity contribution in [1.29, 1.82) is 0 Å². The summed E-state index contributed by atoms with van der Waals surface area (Å²) in [6, 6.07) is 4.88. The van der Waals surface area contributed by atoms with Crippen LogP contribution in [0, 0.1) is 0 Å². The second kappa shape index (κ2) is 6.54. The zero-order valence-corrected chi connectivity index (χ0v) is 7.55. The highest BCUT2D eigenvalue weighted by Gasteiger charge is 2.02. The molecule has 0 atom stereocenters. The molecule has 0 aliphatic carbocycles. The quantitative estimate of drug-likeness (QED) is 0.381. The van der Waals surface area contributed by atoms with Crippen molar-refractivity contribution in [2.75, 3.05) is 0 Å². The van der Waals surface area contributed by atoms with E-state index in [4.69, 9.17) is 15.0 Å². The third-order valence-corrected chi connectivity index (χ3v) is 1.46. The van der Waals surface area contributed by atoms with Crippen LogP contribution in [0.1, 0.15) is 5.56 Å². The lowest BCUT2D eigenvalue weighted by Crippen LogP contribution is -1.81. The molecule has 0 bridgehead atoms. The molecule has 0 unspecified atom stereocenters. The molecule has 4 heteroatoms. The van der Waals surface area contributed by atoms with Crippen molar-refractivity contribution >= 4 is 6.47 Å². The normalized spacial score (nSPS) is 8.29. The number of phenolic OH excluding ortho intramolecular Hbond substituents is 2. The smallest absolute Gasteiger partial charge is 0.290 e. The van der Waals surface area contributed by atoms with Gasteiger partial charge in [0, 0.05) is 5.56 Å². The first-order valence-electron chi connectivity index (χ1n) is 3.86. The Labute approximate surface area is 81.8 Å². The fourth-order valence-corrected chi connectivity index (χ4v) is 0.898. The number of rotatable bonds is 2. The predicted octanol–water partition coefficient (Wildman–Crippen LogP) is 1.53. The molecule has 0 radical (unpaired) electrons. The highest BCUT2D eigenvalue weighted by molar-refractivity contribution is 5.44. The average Bonchev–Trinajstić information content (AvgIpc) is 2.15. The fraction of sp³-hybridized carbons (Fsp3) is 0.100. The van der Waals surface area contributed by atoms with Gasteiger partial charge in [-0.1, -0.05) is 18.2 Å². The molecule has 1 aromatic carbocycles. The van der Waals surface area contributed by atoms with Gasteiger partial charge in [0.05, 0.1) is 0 Å². The monoisotopic (exact) mass is 196 g/mol. The number of para-hydroxylation sites is 1. The Balaban J connectivity index is 0.000000500. The summed E-state index contributed by atoms with van der Waals surface area (Å²) < 4.78 is 0. The molecule has 0 fully saturated rings. The summed E-state index contributed by atoms with van der Waals surface area (Å²) >= 11 is 0. The van der Waals surface area contributed by atoms with Crippen LogP contribution in [0.3, 0.4) is 0 Å². The van der Waals surface area contributed by atoms with Crippen LogP contribution in [-0.2, 0) is 11.2 Å². The van der Waals surface area contributed by atoms with Gasteiger partial charge in [-0.2, -0.15) is 0 Å². The van der Waals surface area contributed by atoms with Crippen LogP contribution in [-0.4, -0.2) is 21.8 Å². The van der Waals surface area contributed by atoms with Crippen LogP contribution >= 0.6 is 0 Å². The largest absolute Gasteiger partial charge is 0.504 e. The number of carboxylic acid groups (broad SMARTS) is 1. The summed E-state index contributed by atoms with van der Waals surface area (Å²) in [6.45, 7) is 3.28. The molecule has 0 aliphatic heterocycles. The number of benzene rings is 1. The Bertz CT molecular complexity index is 307. The third kappa shape index (κ3) is 3.62. The van der Waals surface area contributed by atoms with E-state index in [0.717, 1.165) is 0 Å². The van der Waals surface area contributed by atoms with Gasteiger partial charge in [-0.25, -0.2) is 0 Å². The molecule has 0 spiro atoms. The molecule has 1 aromatic rings. The second-order valence-electron chi connectivity index (χ2n) is 2.38. The zero-order valence-electron chi connectivity index (χ0n) is 7.55. The average molecular weight is 196 g/mol. The molecule has 0 saturated heterocycles. The first-order valence-corrected chi connectivity index (χ1v) is 3.86. The van der Waals surface area contributed by atoms with Crippen LogP contribution in [0.5, 0.6) is 11.5 Å². The van der Waals surface area contributed by atoms with E-state index in [9.17, 15) is 5.11 Å². The van der Waals surface area contributed by atoms with Gasteiger partial charge in [-0.05, 0) is 12.5 Å². The summed E-state index contributed by atoms with van der Waals surface area (Å²) in [5.74, 6) is -0.128. The van der Waals surface area contributed by atoms with Crippen LogP contribution in [0.2, 0.25) is 0 Å². The van der Waals surface area contributed by atoms with Crippen molar-refractivity contribution in [1.82, 2.24) is 0 Å². The fourth-order valence-electron chi connectivity index (χ4n) is 0.898. The number of hydrogen-bond donors (Lipinski definition) is 3. The number of hydrogen-bond acceptors (Lipinski definition) is 3. The van der Waals surface area contributed by atoms with Gasteiger partial charge in [0.1, 0.15) is 0 Å². The lowest BCUT2D eigenvalue weighted by molar-refractivity contribution is -0.122. The highest BCUT2D eigenvalue weighted by Crippen LogP contribution is 2.28. The summed E-state index contributed by atoms with van der Waals surface area (Å²) in [5.41, 5.74) is 0.694. The van der Waals surface area contributed by atoms with E-state index in [-0.39, 0.29) is 18.0 Å². The summed E-state index contributed by atoms with van der Waals surface area (Å²) in [5, 5.41) is 25.2. The number of carbonyl (C=O) groups is 1. The van der Waals surface area contributed by atoms with Gasteiger partial charge in [-0.15, -0.1) is 6.58 Å². The van der Waals surface area contributed by atoms with E-state index in [1.807, 2.05) is 0 Å². The maximum atomic E-state index is 9.23. The van der Waals surface area contributed by atoms with E-state index in [1.165, 1.54) is 6.07 Å². The van der Waals surface area contributed by atoms with Crippen molar-refractivity contribution in [2.24, 2.45) is 0 Å². The summed E-state index contributed by atoms with van der Waals surface area (Å²) in [6.07, 6.45) is 2.24. The van der Waals surface area contributed by atoms with Gasteiger partial charge >= 0.3 is 0 Å². The first-order chi connectivity index (χ1) is 6.67. The van der Waals surface area contributed by atoms with Crippen LogP contribution < -0.4 is 0 Å². The molecule has 14 heavy (non-hydrogen) atoms. The molecule has 76 valence electrons. The molecule has 0 aliphatic rings. The summed E-state index contributed by atoms with van der Waals surface area (Å²) in [4.78, 5) is 8.36. The molecule has 0 saturated carbocycles. The van der Waals surface area contributed by atoms with Gasteiger partial charge in [0.25, 0.3) is 6.47 Å². The molecule has 0 heterocycles. The van der Waals surface area contributed by atoms with Crippen molar-refractivity contribution in [3.05, 3.63) is 36.4 Å². The Morgan fingerprint density at radius 2 is 1.93 bits per heavy atom. The van der Waals surface area contributed by atoms with E-state index in [1.54, 1.807) is 18.2 Å². The van der Waals surface area contributed by atoms with Crippen molar-refractivity contribution in [2.45, 2.75) is 6.42 Å². The predicted molar refractivity (Wildman–Crippen MR) is 52.4 cm³/mol. The van der Waals surface area contributed by atoms with Gasteiger partial charge in [0.15, 0.2) is 11.5 Å². The Morgan fingerprint density at radius 1 is 1.36 bits per heavy atom. The Kier molecular flexibility index (Phi) is 5.62. The maximum Gasteiger partial charge on any atom is 0.290 e. The van der Waals surface area contributed by atoms with Gasteiger partial charge in [-0.3, -0.25) is 4.79 Å². The molecular formula is C10H12O4. The number of allylic oxidation sites excluding steroid dienone is 1. The van der Waals surface area contributed by atoms with Crippen molar-refractivity contribution in [3.8, 4) is 11.5 Å². The molecule has 3 N–H and O–H groups in total. The minimum atomic E-state index is -0.250. The van der Waals surface area contributed by atoms with E-state index in [0.29, 0.717) is 12.0 Å². The Morgan fingerprint density at radius 3 is 2.43 bits per heavy atom. The lowest BCUT2D eigenvalue weighted by Gasteiger charge is -2.01. The third-order valence-electron chi connectivity index (χ3n) is 1.46. The van der Waals surface area contributed by atoms with E-state index in [2.05, 4.69) is 6.58 Å². The maximum absolute atomic E-state index is 9.23. The zero-order chi connectivity index (χ0) is 11.0. The number of phenols is 2. The van der Waals surface area contributed by atoms with Crippen molar-refractivity contribution < 1.29 is 20.1 Å². The molecule has 0 aromatic heterocycles. The summed E-state index contributed by atoms with van der Waals surface area (Å²) in [7, 11) is 0. The molecule has 1 rings (SSSR count). The topological polar surface area (TPSA) is 77.8 Å². The minimum Gasteiger partial charge on any atom is -0.504 e. The lowest BCUT2D eigenvalue weighted by atomic mass is 10.1. The van der Waals surface area contributed by atoms with Gasteiger partial charge in [0.2, 0.25) is 0 Å². The van der Waals surface area contributed by atoms with Gasteiger partial charge < -0.3 is 15.3 Å². The van der Waals surface area contributed by atoms with E-state index >= 15 is 0 Å². The number of aromatic hydroxyl groups is 2. The standard InChI is InChI=1S/C9H10O2.CH2O2/c1-2-4-7-5-3-6-8(10)9(7)11;2-1-3/h2-3,5-6,10-11H,1,4H2;1H,(H,2,3). The molecule has 4 nitrogen and oxygen atoms in total. The van der Waals surface area contributed by atoms with Crippen molar-refractivity contribution in [3.63, 3.8) is 0 Å². The van der Waals surface area contributed by atoms with Crippen LogP contribution in [0.15, 0.2) is 30.9 Å². The highest BCUT2D eigenvalue weighted by atomic mass is 16.3. The molecule has 0 amide bonds. The Hall–Kier alpha value is -1.97. The van der Waals surface area contributed by atoms with E-state index < -0.39 is 0 Å². The second-order valence-corrected chi connectivity index (χ2v) is 2.38. The SMILES string of the molecule is C=CCc1cccc(O)c1O.O=CO. The molecular weight excluding hydrogens is 184 g/mol. The minimum absolute atomic E-state index is 0.0487. The first kappa shape index (κ1) is 12.0. The van der Waals surface area contributed by atoms with Crippen LogP contribution in [0.4, 0.5) is 0 Å².